The highest BCUT2D eigenvalue weighted by Gasteiger charge is 2.46. The van der Waals surface area contributed by atoms with Crippen LogP contribution in [0.5, 0.6) is 0 Å². The fourth-order valence-corrected chi connectivity index (χ4v) is 5.54. The fourth-order valence-electron chi connectivity index (χ4n) is 5.54. The third-order valence-corrected chi connectivity index (χ3v) is 7.37. The summed E-state index contributed by atoms with van der Waals surface area (Å²) in [6.07, 6.45) is 1.50. The van der Waals surface area contributed by atoms with Crippen LogP contribution < -0.4 is 4.90 Å². The molecule has 0 aromatic heterocycles. The SMILES string of the molecule is CC(=O)N1N=C(c2cc(F)ccc2F)C[C@@]1(CCCN1CCN(c2ccccc2)C(=O)C1)c1ccccc1. The van der Waals surface area contributed by atoms with Gasteiger partial charge in [-0.15, -0.1) is 0 Å². The van der Waals surface area contributed by atoms with Crippen LogP contribution in [-0.2, 0) is 15.1 Å². The molecule has 1 saturated heterocycles. The Bertz CT molecular complexity index is 1350. The second-order valence-corrected chi connectivity index (χ2v) is 9.84. The van der Waals surface area contributed by atoms with Crippen molar-refractivity contribution in [1.29, 1.82) is 0 Å². The highest BCUT2D eigenvalue weighted by Crippen LogP contribution is 2.43. The normalized spacial score (nSPS) is 20.1. The number of hydrogen-bond donors (Lipinski definition) is 0. The van der Waals surface area contributed by atoms with Crippen molar-refractivity contribution < 1.29 is 18.4 Å². The molecule has 0 bridgehead atoms. The van der Waals surface area contributed by atoms with Gasteiger partial charge in [0.25, 0.3) is 0 Å². The Kier molecular flexibility index (Phi) is 7.33. The molecule has 196 valence electrons. The summed E-state index contributed by atoms with van der Waals surface area (Å²) in [5, 5.41) is 5.96. The van der Waals surface area contributed by atoms with Gasteiger partial charge in [0.15, 0.2) is 0 Å². The van der Waals surface area contributed by atoms with Gasteiger partial charge in [0.1, 0.15) is 11.6 Å². The minimum absolute atomic E-state index is 0.0543. The summed E-state index contributed by atoms with van der Waals surface area (Å²) in [7, 11) is 0. The number of carbonyl (C=O) groups excluding carboxylic acids is 2. The smallest absolute Gasteiger partial charge is 0.241 e. The molecule has 0 N–H and O–H groups in total. The number of amides is 2. The molecule has 0 spiro atoms. The van der Waals surface area contributed by atoms with Gasteiger partial charge < -0.3 is 4.90 Å². The molecule has 1 atom stereocenters. The lowest BCUT2D eigenvalue weighted by Gasteiger charge is -2.38. The van der Waals surface area contributed by atoms with Gasteiger partial charge in [0.2, 0.25) is 11.8 Å². The molecule has 2 heterocycles. The lowest BCUT2D eigenvalue weighted by molar-refractivity contribution is -0.135. The van der Waals surface area contributed by atoms with Crippen LogP contribution in [0.15, 0.2) is 84.0 Å². The number of para-hydroxylation sites is 1. The molecule has 6 nitrogen and oxygen atoms in total. The predicted molar refractivity (Wildman–Crippen MR) is 143 cm³/mol. The van der Waals surface area contributed by atoms with E-state index in [1.54, 1.807) is 0 Å². The second kappa shape index (κ2) is 10.8. The lowest BCUT2D eigenvalue weighted by atomic mass is 9.80. The van der Waals surface area contributed by atoms with E-state index >= 15 is 0 Å². The fraction of sp³-hybridized carbons (Fsp3) is 0.300. The monoisotopic (exact) mass is 516 g/mol. The number of carbonyl (C=O) groups is 2. The molecule has 0 saturated carbocycles. The van der Waals surface area contributed by atoms with Gasteiger partial charge in [-0.3, -0.25) is 14.5 Å². The standard InChI is InChI=1S/C30H30F2N4O2/c1-22(37)36-30(23-9-4-2-5-10-23,20-28(33-36)26-19-24(31)13-14-27(26)32)15-8-16-34-17-18-35(29(38)21-34)25-11-6-3-7-12-25/h2-7,9-14,19H,8,15-18,20-21H2,1H3/t30-/m0/s1. The summed E-state index contributed by atoms with van der Waals surface area (Å²) >= 11 is 0. The van der Waals surface area contributed by atoms with Crippen LogP contribution in [0.2, 0.25) is 0 Å². The van der Waals surface area contributed by atoms with Crippen LogP contribution in [0.4, 0.5) is 14.5 Å². The number of piperazine rings is 1. The average molecular weight is 517 g/mol. The van der Waals surface area contributed by atoms with Gasteiger partial charge in [-0.1, -0.05) is 48.5 Å². The van der Waals surface area contributed by atoms with Crippen molar-refractivity contribution in [3.8, 4) is 0 Å². The molecule has 8 heteroatoms. The van der Waals surface area contributed by atoms with E-state index in [-0.39, 0.29) is 23.8 Å². The molecule has 0 radical (unpaired) electrons. The van der Waals surface area contributed by atoms with E-state index in [9.17, 15) is 18.4 Å². The Labute approximate surface area is 221 Å². The average Bonchev–Trinajstić information content (AvgIpc) is 3.32. The molecular weight excluding hydrogens is 486 g/mol. The number of anilines is 1. The van der Waals surface area contributed by atoms with Crippen LogP contribution in [0.25, 0.3) is 0 Å². The lowest BCUT2D eigenvalue weighted by Crippen LogP contribution is -2.51. The third-order valence-electron chi connectivity index (χ3n) is 7.37. The van der Waals surface area contributed by atoms with Gasteiger partial charge >= 0.3 is 0 Å². The maximum Gasteiger partial charge on any atom is 0.241 e. The maximum atomic E-state index is 14.7. The zero-order chi connectivity index (χ0) is 26.7. The van der Waals surface area contributed by atoms with Crippen molar-refractivity contribution in [3.05, 3.63) is 102 Å². The summed E-state index contributed by atoms with van der Waals surface area (Å²) < 4.78 is 28.7. The molecule has 5 rings (SSSR count). The summed E-state index contributed by atoms with van der Waals surface area (Å²) in [6.45, 7) is 3.77. The van der Waals surface area contributed by atoms with Crippen LogP contribution in [0.3, 0.4) is 0 Å². The molecule has 2 aliphatic rings. The largest absolute Gasteiger partial charge is 0.310 e. The molecular formula is C30H30F2N4O2. The molecule has 38 heavy (non-hydrogen) atoms. The van der Waals surface area contributed by atoms with Crippen molar-refractivity contribution >= 4 is 23.2 Å². The molecule has 2 amide bonds. The minimum Gasteiger partial charge on any atom is -0.310 e. The number of halogens is 2. The van der Waals surface area contributed by atoms with Crippen molar-refractivity contribution in [2.45, 2.75) is 31.7 Å². The molecule has 1 fully saturated rings. The van der Waals surface area contributed by atoms with Crippen molar-refractivity contribution in [2.75, 3.05) is 31.1 Å². The molecule has 3 aromatic rings. The Morgan fingerprint density at radius 2 is 1.68 bits per heavy atom. The molecule has 3 aromatic carbocycles. The number of nitrogens with zero attached hydrogens (tertiary/aromatic N) is 4. The predicted octanol–water partition coefficient (Wildman–Crippen LogP) is 4.95. The van der Waals surface area contributed by atoms with Crippen LogP contribution in [0.1, 0.15) is 37.3 Å². The number of hydrazone groups is 1. The van der Waals surface area contributed by atoms with E-state index in [2.05, 4.69) is 10.0 Å². The molecule has 0 aliphatic carbocycles. The number of rotatable bonds is 7. The first kappa shape index (κ1) is 25.7. The van der Waals surface area contributed by atoms with E-state index in [1.807, 2.05) is 65.6 Å². The van der Waals surface area contributed by atoms with E-state index in [0.29, 0.717) is 38.2 Å². The number of hydrogen-bond acceptors (Lipinski definition) is 4. The Morgan fingerprint density at radius 1 is 0.974 bits per heavy atom. The summed E-state index contributed by atoms with van der Waals surface area (Å²) in [4.78, 5) is 29.6. The van der Waals surface area contributed by atoms with Gasteiger partial charge in [-0.2, -0.15) is 5.10 Å². The summed E-state index contributed by atoms with van der Waals surface area (Å²) in [6, 6.07) is 22.5. The zero-order valence-corrected chi connectivity index (χ0v) is 21.3. The summed E-state index contributed by atoms with van der Waals surface area (Å²) in [5.74, 6) is -1.35. The first-order chi connectivity index (χ1) is 18.4. The third kappa shape index (κ3) is 5.09. The number of benzene rings is 3. The Morgan fingerprint density at radius 3 is 2.37 bits per heavy atom. The van der Waals surface area contributed by atoms with Crippen molar-refractivity contribution in [2.24, 2.45) is 5.10 Å². The van der Waals surface area contributed by atoms with Crippen LogP contribution in [-0.4, -0.2) is 53.6 Å². The van der Waals surface area contributed by atoms with E-state index in [4.69, 9.17) is 0 Å². The molecule has 2 aliphatic heterocycles. The van der Waals surface area contributed by atoms with E-state index in [1.165, 1.54) is 11.9 Å². The minimum atomic E-state index is -0.836. The Balaban J connectivity index is 1.34. The second-order valence-electron chi connectivity index (χ2n) is 9.84. The quantitative estimate of drug-likeness (QED) is 0.447. The summed E-state index contributed by atoms with van der Waals surface area (Å²) in [5.41, 5.74) is 1.36. The maximum absolute atomic E-state index is 14.7. The Hall–Kier alpha value is -3.91. The van der Waals surface area contributed by atoms with Crippen molar-refractivity contribution in [3.63, 3.8) is 0 Å². The first-order valence-corrected chi connectivity index (χ1v) is 12.8. The van der Waals surface area contributed by atoms with Gasteiger partial charge in [-0.05, 0) is 55.3 Å². The van der Waals surface area contributed by atoms with Gasteiger partial charge in [0, 0.05) is 37.7 Å². The highest BCUT2D eigenvalue weighted by atomic mass is 19.1. The highest BCUT2D eigenvalue weighted by molar-refractivity contribution is 6.04. The van der Waals surface area contributed by atoms with Crippen LogP contribution >= 0.6 is 0 Å². The topological polar surface area (TPSA) is 56.2 Å². The van der Waals surface area contributed by atoms with E-state index in [0.717, 1.165) is 36.0 Å². The van der Waals surface area contributed by atoms with Crippen molar-refractivity contribution in [1.82, 2.24) is 9.91 Å². The first-order valence-electron chi connectivity index (χ1n) is 12.8. The van der Waals surface area contributed by atoms with Crippen LogP contribution in [0, 0.1) is 11.6 Å². The molecule has 0 unspecified atom stereocenters. The van der Waals surface area contributed by atoms with Gasteiger partial charge in [-0.25, -0.2) is 13.8 Å². The van der Waals surface area contributed by atoms with Gasteiger partial charge in [0.05, 0.1) is 17.8 Å². The zero-order valence-electron chi connectivity index (χ0n) is 21.3. The van der Waals surface area contributed by atoms with E-state index < -0.39 is 17.2 Å².